The van der Waals surface area contributed by atoms with E-state index >= 15 is 0 Å². The molecule has 116 valence electrons. The minimum absolute atomic E-state index is 0.0132. The van der Waals surface area contributed by atoms with Gasteiger partial charge in [0.25, 0.3) is 0 Å². The lowest BCUT2D eigenvalue weighted by Crippen LogP contribution is -2.40. The highest BCUT2D eigenvalue weighted by Gasteiger charge is 2.32. The molecule has 1 aliphatic rings. The summed E-state index contributed by atoms with van der Waals surface area (Å²) in [6.07, 6.45) is 2.39. The smallest absolute Gasteiger partial charge is 0.223 e. The summed E-state index contributed by atoms with van der Waals surface area (Å²) in [5.41, 5.74) is 0.706. The molecule has 0 aliphatic carbocycles. The van der Waals surface area contributed by atoms with Crippen LogP contribution in [-0.2, 0) is 9.53 Å². The van der Waals surface area contributed by atoms with Gasteiger partial charge in [0, 0.05) is 18.3 Å². The summed E-state index contributed by atoms with van der Waals surface area (Å²) < 4.78 is 19.2. The van der Waals surface area contributed by atoms with Crippen molar-refractivity contribution in [3.8, 4) is 0 Å². The van der Waals surface area contributed by atoms with Crippen molar-refractivity contribution < 1.29 is 13.9 Å². The van der Waals surface area contributed by atoms with Crippen LogP contribution in [0.25, 0.3) is 0 Å². The van der Waals surface area contributed by atoms with Crippen LogP contribution in [0.4, 0.5) is 4.39 Å². The summed E-state index contributed by atoms with van der Waals surface area (Å²) in [5.74, 6) is 0.271. The predicted octanol–water partition coefficient (Wildman–Crippen LogP) is 3.42. The Hall–Kier alpha value is -0.780. The lowest BCUT2D eigenvalue weighted by molar-refractivity contribution is -0.125. The van der Waals surface area contributed by atoms with Crippen molar-refractivity contribution in [3.05, 3.63) is 34.6 Å². The molecular weight excluding hydrogens is 313 g/mol. The van der Waals surface area contributed by atoms with Crippen molar-refractivity contribution in [2.24, 2.45) is 5.92 Å². The summed E-state index contributed by atoms with van der Waals surface area (Å²) in [7, 11) is 0. The first-order valence-electron chi connectivity index (χ1n) is 6.88. The van der Waals surface area contributed by atoms with Crippen molar-refractivity contribution in [3.63, 3.8) is 0 Å². The van der Waals surface area contributed by atoms with E-state index in [1.165, 1.54) is 12.1 Å². The average Bonchev–Trinajstić information content (AvgIpc) is 2.90. The van der Waals surface area contributed by atoms with Gasteiger partial charge in [0.2, 0.25) is 5.91 Å². The Morgan fingerprint density at radius 1 is 1.62 bits per heavy atom. The zero-order chi connectivity index (χ0) is 15.4. The van der Waals surface area contributed by atoms with Gasteiger partial charge in [-0.2, -0.15) is 11.8 Å². The molecule has 0 bridgehead atoms. The lowest BCUT2D eigenvalue weighted by Gasteiger charge is -2.22. The second-order valence-corrected chi connectivity index (χ2v) is 6.54. The van der Waals surface area contributed by atoms with Crippen LogP contribution in [0.3, 0.4) is 0 Å². The van der Waals surface area contributed by atoms with Crippen LogP contribution in [0.15, 0.2) is 18.2 Å². The number of rotatable bonds is 5. The van der Waals surface area contributed by atoms with Gasteiger partial charge in [0.05, 0.1) is 11.1 Å². The maximum Gasteiger partial charge on any atom is 0.223 e. The molecule has 1 amide bonds. The van der Waals surface area contributed by atoms with Crippen LogP contribution >= 0.6 is 23.4 Å². The van der Waals surface area contributed by atoms with E-state index < -0.39 is 5.82 Å². The largest absolute Gasteiger partial charge is 0.371 e. The van der Waals surface area contributed by atoms with Gasteiger partial charge in [-0.25, -0.2) is 4.39 Å². The monoisotopic (exact) mass is 331 g/mol. The zero-order valence-electron chi connectivity index (χ0n) is 12.1. The molecule has 1 aromatic carbocycles. The summed E-state index contributed by atoms with van der Waals surface area (Å²) in [5, 5.41) is 3.10. The van der Waals surface area contributed by atoms with Crippen molar-refractivity contribution in [1.29, 1.82) is 0 Å². The average molecular weight is 332 g/mol. The van der Waals surface area contributed by atoms with E-state index in [1.54, 1.807) is 17.8 Å². The van der Waals surface area contributed by atoms with E-state index in [9.17, 15) is 9.18 Å². The van der Waals surface area contributed by atoms with E-state index in [2.05, 4.69) is 5.32 Å². The topological polar surface area (TPSA) is 38.3 Å². The summed E-state index contributed by atoms with van der Waals surface area (Å²) >= 11 is 7.34. The Morgan fingerprint density at radius 3 is 3.05 bits per heavy atom. The molecule has 6 heteroatoms. The van der Waals surface area contributed by atoms with Crippen LogP contribution in [-0.4, -0.2) is 30.6 Å². The number of carbonyl (C=O) groups is 1. The van der Waals surface area contributed by atoms with Crippen molar-refractivity contribution in [1.82, 2.24) is 5.32 Å². The zero-order valence-corrected chi connectivity index (χ0v) is 13.6. The molecule has 2 rings (SSSR count). The molecular formula is C15H19ClFNO2S. The molecule has 1 aliphatic heterocycles. The van der Waals surface area contributed by atoms with Crippen LogP contribution < -0.4 is 5.32 Å². The van der Waals surface area contributed by atoms with Crippen molar-refractivity contribution in [2.45, 2.75) is 25.5 Å². The fourth-order valence-corrected chi connectivity index (χ4v) is 3.17. The molecule has 1 unspecified atom stereocenters. The molecule has 1 aromatic rings. The van der Waals surface area contributed by atoms with Gasteiger partial charge in [-0.1, -0.05) is 24.6 Å². The Kier molecular flexibility index (Phi) is 5.90. The molecule has 3 atom stereocenters. The maximum atomic E-state index is 13.6. The molecule has 0 spiro atoms. The fraction of sp³-hybridized carbons (Fsp3) is 0.533. The third-order valence-corrected chi connectivity index (χ3v) is 4.70. The normalized spacial score (nSPS) is 23.0. The summed E-state index contributed by atoms with van der Waals surface area (Å²) in [4.78, 5) is 12.1. The maximum absolute atomic E-state index is 13.6. The fourth-order valence-electron chi connectivity index (χ4n) is 2.41. The minimum Gasteiger partial charge on any atom is -0.371 e. The molecule has 0 aromatic heterocycles. The number of hydrogen-bond acceptors (Lipinski definition) is 3. The van der Waals surface area contributed by atoms with Gasteiger partial charge in [-0.3, -0.25) is 4.79 Å². The first-order chi connectivity index (χ1) is 10.0. The van der Waals surface area contributed by atoms with Crippen molar-refractivity contribution in [2.75, 3.05) is 18.6 Å². The quantitative estimate of drug-likeness (QED) is 0.898. The molecule has 3 nitrogen and oxygen atoms in total. The van der Waals surface area contributed by atoms with E-state index in [0.717, 1.165) is 12.2 Å². The Balaban J connectivity index is 2.06. The van der Waals surface area contributed by atoms with Crippen LogP contribution in [0.5, 0.6) is 0 Å². The predicted molar refractivity (Wildman–Crippen MR) is 84.2 cm³/mol. The summed E-state index contributed by atoms with van der Waals surface area (Å²) in [6, 6.07) is 4.51. The first kappa shape index (κ1) is 16.6. The van der Waals surface area contributed by atoms with Gasteiger partial charge in [-0.05, 0) is 30.4 Å². The molecule has 1 N–H and O–H groups in total. The standard InChI is InChI=1S/C15H19ClFNO2S/c1-9(8-21-2)15(19)18-13-5-6-20-14(13)10-3-4-11(16)12(17)7-10/h3-4,7,9,13-14H,5-6,8H2,1-2H3,(H,18,19)/t9?,13-,14+/m1/s1. The number of benzene rings is 1. The van der Waals surface area contributed by atoms with Crippen LogP contribution in [0.2, 0.25) is 5.02 Å². The lowest BCUT2D eigenvalue weighted by atomic mass is 10.0. The SMILES string of the molecule is CSCC(C)C(=O)N[C@@H]1CCO[C@H]1c1ccc(Cl)c(F)c1. The molecule has 0 radical (unpaired) electrons. The van der Waals surface area contributed by atoms with Gasteiger partial charge in [-0.15, -0.1) is 0 Å². The highest BCUT2D eigenvalue weighted by molar-refractivity contribution is 7.98. The second-order valence-electron chi connectivity index (χ2n) is 5.23. The number of halogens is 2. The second kappa shape index (κ2) is 7.47. The van der Waals surface area contributed by atoms with E-state index in [1.807, 2.05) is 13.2 Å². The summed E-state index contributed by atoms with van der Waals surface area (Å²) in [6.45, 7) is 2.45. The van der Waals surface area contributed by atoms with Gasteiger partial charge >= 0.3 is 0 Å². The Bertz CT molecular complexity index is 514. The third kappa shape index (κ3) is 4.11. The van der Waals surface area contributed by atoms with Gasteiger partial charge in [0.1, 0.15) is 11.9 Å². The van der Waals surface area contributed by atoms with Crippen molar-refractivity contribution >= 4 is 29.3 Å². The van der Waals surface area contributed by atoms with Gasteiger partial charge < -0.3 is 10.1 Å². The molecule has 1 heterocycles. The molecule has 0 saturated carbocycles. The van der Waals surface area contributed by atoms with E-state index in [4.69, 9.17) is 16.3 Å². The van der Waals surface area contributed by atoms with Gasteiger partial charge in [0.15, 0.2) is 0 Å². The minimum atomic E-state index is -0.467. The van der Waals surface area contributed by atoms with E-state index in [-0.39, 0.29) is 29.0 Å². The number of amides is 1. The number of nitrogens with one attached hydrogen (secondary N) is 1. The number of thioether (sulfide) groups is 1. The van der Waals surface area contributed by atoms with Crippen LogP contribution in [0.1, 0.15) is 25.0 Å². The number of ether oxygens (including phenoxy) is 1. The highest BCUT2D eigenvalue weighted by atomic mass is 35.5. The Morgan fingerprint density at radius 2 is 2.38 bits per heavy atom. The molecule has 1 saturated heterocycles. The number of hydrogen-bond donors (Lipinski definition) is 1. The number of carbonyl (C=O) groups excluding carboxylic acids is 1. The van der Waals surface area contributed by atoms with Crippen LogP contribution in [0, 0.1) is 11.7 Å². The first-order valence-corrected chi connectivity index (χ1v) is 8.66. The molecule has 1 fully saturated rings. The van der Waals surface area contributed by atoms with E-state index in [0.29, 0.717) is 12.2 Å². The highest BCUT2D eigenvalue weighted by Crippen LogP contribution is 2.31. The third-order valence-electron chi connectivity index (χ3n) is 3.56. The molecule has 21 heavy (non-hydrogen) atoms. The Labute approximate surface area is 133 Å².